The van der Waals surface area contributed by atoms with Crippen LogP contribution in [0.3, 0.4) is 0 Å². The van der Waals surface area contributed by atoms with E-state index in [0.717, 1.165) is 23.5 Å². The summed E-state index contributed by atoms with van der Waals surface area (Å²) in [4.78, 5) is 0. The van der Waals surface area contributed by atoms with E-state index in [1.807, 2.05) is 18.2 Å². The first-order valence-electron chi connectivity index (χ1n) is 17.1. The van der Waals surface area contributed by atoms with Crippen LogP contribution >= 0.6 is 0 Å². The van der Waals surface area contributed by atoms with Crippen molar-refractivity contribution in [2.24, 2.45) is 0 Å². The van der Waals surface area contributed by atoms with Crippen LogP contribution < -0.4 is 5.32 Å². The number of nitrogens with zero attached hydrogens (tertiary/aromatic N) is 1. The molecule has 2 heteroatoms. The molecule has 49 heavy (non-hydrogen) atoms. The van der Waals surface area contributed by atoms with Crippen molar-refractivity contribution in [1.29, 1.82) is 0 Å². The second kappa shape index (κ2) is 13.5. The molecule has 1 N–H and O–H groups in total. The lowest BCUT2D eigenvalue weighted by Gasteiger charge is -2.22. The Bertz CT molecular complexity index is 2430. The van der Waals surface area contributed by atoms with Crippen LogP contribution in [0.15, 0.2) is 188 Å². The maximum absolute atomic E-state index is 3.93. The van der Waals surface area contributed by atoms with Crippen molar-refractivity contribution < 1.29 is 0 Å². The number of hydrogen-bond donors (Lipinski definition) is 1. The van der Waals surface area contributed by atoms with Crippen LogP contribution in [0.5, 0.6) is 0 Å². The SMILES string of the molecule is C1=CCC(c2ccc3c4ccccc4n(-c4ccc(-c5ccccc5)cc4)c3c2Nc2ccc3ccccc3c2)C=C1.Cc1ccccc1. The van der Waals surface area contributed by atoms with Crippen molar-refractivity contribution in [2.75, 3.05) is 5.32 Å². The average molecular weight is 631 g/mol. The van der Waals surface area contributed by atoms with E-state index in [1.165, 1.54) is 54.8 Å². The zero-order valence-corrected chi connectivity index (χ0v) is 27.6. The summed E-state index contributed by atoms with van der Waals surface area (Å²) >= 11 is 0. The minimum Gasteiger partial charge on any atom is -0.354 e. The van der Waals surface area contributed by atoms with E-state index in [1.54, 1.807) is 0 Å². The van der Waals surface area contributed by atoms with Crippen LogP contribution in [-0.4, -0.2) is 4.57 Å². The molecule has 1 aromatic heterocycles. The maximum Gasteiger partial charge on any atom is 0.0779 e. The zero-order chi connectivity index (χ0) is 33.0. The molecule has 0 bridgehead atoms. The fourth-order valence-corrected chi connectivity index (χ4v) is 6.97. The molecule has 0 aliphatic heterocycles. The summed E-state index contributed by atoms with van der Waals surface area (Å²) in [6, 6.07) is 58.5. The molecule has 1 heterocycles. The Morgan fingerprint density at radius 3 is 2.00 bits per heavy atom. The van der Waals surface area contributed by atoms with E-state index in [-0.39, 0.29) is 0 Å². The number of hydrogen-bond acceptors (Lipinski definition) is 1. The number of allylic oxidation sites excluding steroid dienone is 4. The summed E-state index contributed by atoms with van der Waals surface area (Å²) in [6.07, 6.45) is 9.91. The van der Waals surface area contributed by atoms with Crippen molar-refractivity contribution >= 4 is 44.0 Å². The Kier molecular flexibility index (Phi) is 8.36. The van der Waals surface area contributed by atoms with E-state index in [0.29, 0.717) is 5.92 Å². The predicted molar refractivity (Wildman–Crippen MR) is 210 cm³/mol. The van der Waals surface area contributed by atoms with Crippen LogP contribution in [0.2, 0.25) is 0 Å². The van der Waals surface area contributed by atoms with E-state index in [9.17, 15) is 0 Å². The van der Waals surface area contributed by atoms with Crippen LogP contribution in [-0.2, 0) is 0 Å². The quantitative estimate of drug-likeness (QED) is 0.200. The molecule has 9 rings (SSSR count). The first-order valence-corrected chi connectivity index (χ1v) is 17.1. The summed E-state index contributed by atoms with van der Waals surface area (Å²) in [5, 5.41) is 8.92. The minimum atomic E-state index is 0.300. The van der Waals surface area contributed by atoms with Crippen molar-refractivity contribution in [3.8, 4) is 16.8 Å². The van der Waals surface area contributed by atoms with E-state index >= 15 is 0 Å². The molecule has 1 aliphatic carbocycles. The van der Waals surface area contributed by atoms with Crippen LogP contribution in [0.25, 0.3) is 49.4 Å². The predicted octanol–water partition coefficient (Wildman–Crippen LogP) is 12.9. The van der Waals surface area contributed by atoms with Gasteiger partial charge in [0.1, 0.15) is 0 Å². The molecule has 8 aromatic rings. The molecular weight excluding hydrogens is 593 g/mol. The molecule has 0 amide bonds. The third kappa shape index (κ3) is 6.17. The number of benzene rings is 7. The Hall–Kier alpha value is -6.12. The Morgan fingerprint density at radius 2 is 1.27 bits per heavy atom. The molecule has 236 valence electrons. The van der Waals surface area contributed by atoms with Gasteiger partial charge in [-0.1, -0.05) is 163 Å². The first kappa shape index (κ1) is 30.2. The highest BCUT2D eigenvalue weighted by molar-refractivity contribution is 6.14. The number of para-hydroxylation sites is 1. The number of aryl methyl sites for hydroxylation is 1. The number of nitrogens with one attached hydrogen (secondary N) is 1. The van der Waals surface area contributed by atoms with Crippen LogP contribution in [0.1, 0.15) is 23.5 Å². The molecular formula is C47H38N2. The van der Waals surface area contributed by atoms with E-state index in [4.69, 9.17) is 0 Å². The number of rotatable bonds is 5. The highest BCUT2D eigenvalue weighted by Crippen LogP contribution is 2.43. The molecule has 2 nitrogen and oxygen atoms in total. The summed E-state index contributed by atoms with van der Waals surface area (Å²) in [7, 11) is 0. The largest absolute Gasteiger partial charge is 0.354 e. The molecule has 0 saturated heterocycles. The molecule has 0 saturated carbocycles. The molecule has 1 aliphatic rings. The Balaban J connectivity index is 0.000000446. The van der Waals surface area contributed by atoms with Crippen LogP contribution in [0.4, 0.5) is 11.4 Å². The van der Waals surface area contributed by atoms with Gasteiger partial charge >= 0.3 is 0 Å². The normalized spacial score (nSPS) is 13.8. The van der Waals surface area contributed by atoms with Gasteiger partial charge in [-0.2, -0.15) is 0 Å². The Labute approximate surface area is 288 Å². The number of fused-ring (bicyclic) bond motifs is 4. The number of aromatic nitrogens is 1. The van der Waals surface area contributed by atoms with Gasteiger partial charge in [-0.05, 0) is 71.1 Å². The zero-order valence-electron chi connectivity index (χ0n) is 27.6. The van der Waals surface area contributed by atoms with Crippen molar-refractivity contribution in [3.05, 3.63) is 199 Å². The van der Waals surface area contributed by atoms with E-state index < -0.39 is 0 Å². The lowest BCUT2D eigenvalue weighted by Crippen LogP contribution is -2.05. The Morgan fingerprint density at radius 1 is 0.571 bits per heavy atom. The van der Waals surface area contributed by atoms with Crippen molar-refractivity contribution in [3.63, 3.8) is 0 Å². The highest BCUT2D eigenvalue weighted by Gasteiger charge is 2.22. The lowest BCUT2D eigenvalue weighted by molar-refractivity contribution is 0.857. The van der Waals surface area contributed by atoms with E-state index in [2.05, 4.69) is 187 Å². The third-order valence-electron chi connectivity index (χ3n) is 9.44. The van der Waals surface area contributed by atoms with Gasteiger partial charge in [0.25, 0.3) is 0 Å². The fourth-order valence-electron chi connectivity index (χ4n) is 6.97. The first-order chi connectivity index (χ1) is 24.2. The molecule has 7 aromatic carbocycles. The highest BCUT2D eigenvalue weighted by atomic mass is 15.0. The lowest BCUT2D eigenvalue weighted by atomic mass is 9.90. The molecule has 0 spiro atoms. The minimum absolute atomic E-state index is 0.300. The van der Waals surface area contributed by atoms with Gasteiger partial charge in [-0.3, -0.25) is 0 Å². The average Bonchev–Trinajstić information content (AvgIpc) is 3.51. The smallest absolute Gasteiger partial charge is 0.0779 e. The van der Waals surface area contributed by atoms with Gasteiger partial charge in [-0.15, -0.1) is 0 Å². The summed E-state index contributed by atoms with van der Waals surface area (Å²) in [5.41, 5.74) is 10.9. The van der Waals surface area contributed by atoms with Gasteiger partial charge in [0, 0.05) is 28.1 Å². The van der Waals surface area contributed by atoms with Crippen molar-refractivity contribution in [1.82, 2.24) is 4.57 Å². The fraction of sp³-hybridized carbons (Fsp3) is 0.0638. The van der Waals surface area contributed by atoms with Gasteiger partial charge in [0.05, 0.1) is 16.7 Å². The summed E-state index contributed by atoms with van der Waals surface area (Å²) < 4.78 is 2.44. The van der Waals surface area contributed by atoms with Gasteiger partial charge in [0.2, 0.25) is 0 Å². The summed E-state index contributed by atoms with van der Waals surface area (Å²) in [6.45, 7) is 2.08. The van der Waals surface area contributed by atoms with Crippen LogP contribution in [0, 0.1) is 6.92 Å². The molecule has 1 unspecified atom stereocenters. The maximum atomic E-state index is 3.93. The number of anilines is 2. The third-order valence-corrected chi connectivity index (χ3v) is 9.44. The topological polar surface area (TPSA) is 17.0 Å². The monoisotopic (exact) mass is 630 g/mol. The second-order valence-corrected chi connectivity index (χ2v) is 12.7. The molecule has 0 radical (unpaired) electrons. The van der Waals surface area contributed by atoms with Gasteiger partial charge in [0.15, 0.2) is 0 Å². The van der Waals surface area contributed by atoms with Crippen molar-refractivity contribution in [2.45, 2.75) is 19.3 Å². The second-order valence-electron chi connectivity index (χ2n) is 12.7. The van der Waals surface area contributed by atoms with Gasteiger partial charge in [-0.25, -0.2) is 0 Å². The molecule has 1 atom stereocenters. The standard InChI is InChI=1S/C40H30N2.C7H8/c1-3-11-28(12-4-1)30-20-23-34(24-21-30)42-38-18-10-9-17-36(38)37-26-25-35(31-14-5-2-6-15-31)39(40(37)42)41-33-22-19-29-13-7-8-16-32(29)27-33;1-7-5-3-2-4-6-7/h1-14,16-27,31,41H,15H2;2-6H,1H3. The van der Waals surface area contributed by atoms with Gasteiger partial charge < -0.3 is 9.88 Å². The summed E-state index contributed by atoms with van der Waals surface area (Å²) in [5.74, 6) is 0.300. The molecule has 0 fully saturated rings.